The maximum atomic E-state index is 12.2. The number of nitrogens with one attached hydrogen (secondary N) is 1. The summed E-state index contributed by atoms with van der Waals surface area (Å²) in [6.07, 6.45) is 4.43. The lowest BCUT2D eigenvalue weighted by Gasteiger charge is -2.27. The van der Waals surface area contributed by atoms with Crippen LogP contribution in [-0.4, -0.2) is 24.1 Å². The lowest BCUT2D eigenvalue weighted by Crippen LogP contribution is -2.41. The molecular formula is C17H27ClN2O2. The van der Waals surface area contributed by atoms with Gasteiger partial charge in [0.1, 0.15) is 5.75 Å². The minimum Gasteiger partial charge on any atom is -0.491 e. The quantitative estimate of drug-likeness (QED) is 0.874. The van der Waals surface area contributed by atoms with E-state index in [1.807, 2.05) is 38.1 Å². The van der Waals surface area contributed by atoms with E-state index in [1.54, 1.807) is 0 Å². The van der Waals surface area contributed by atoms with E-state index in [9.17, 15) is 4.79 Å². The van der Waals surface area contributed by atoms with Crippen molar-refractivity contribution in [3.63, 3.8) is 0 Å². The zero-order chi connectivity index (χ0) is 15.2. The second kappa shape index (κ2) is 9.01. The molecule has 1 aromatic rings. The van der Waals surface area contributed by atoms with Gasteiger partial charge in [0.05, 0.1) is 12.5 Å². The van der Waals surface area contributed by atoms with E-state index in [-0.39, 0.29) is 30.5 Å². The van der Waals surface area contributed by atoms with Crippen LogP contribution in [0.25, 0.3) is 0 Å². The summed E-state index contributed by atoms with van der Waals surface area (Å²) >= 11 is 0. The summed E-state index contributed by atoms with van der Waals surface area (Å²) in [5.74, 6) is 0.864. The van der Waals surface area contributed by atoms with Crippen molar-refractivity contribution >= 4 is 18.3 Å². The molecule has 1 aliphatic rings. The SMILES string of the molecule is CC(C)Oc1ccccc1CC(=O)NC1CCC(N)CC1.Cl. The van der Waals surface area contributed by atoms with Crippen molar-refractivity contribution in [3.05, 3.63) is 29.8 Å². The number of hydrogen-bond donors (Lipinski definition) is 2. The Morgan fingerprint density at radius 3 is 2.55 bits per heavy atom. The molecule has 0 aromatic heterocycles. The van der Waals surface area contributed by atoms with Gasteiger partial charge in [0.2, 0.25) is 5.91 Å². The summed E-state index contributed by atoms with van der Waals surface area (Å²) in [5, 5.41) is 3.12. The molecule has 4 nitrogen and oxygen atoms in total. The Balaban J connectivity index is 0.00000242. The predicted octanol–water partition coefficient (Wildman–Crippen LogP) is 2.82. The van der Waals surface area contributed by atoms with Gasteiger partial charge in [0.15, 0.2) is 0 Å². The number of rotatable bonds is 5. The molecule has 5 heteroatoms. The molecule has 0 unspecified atom stereocenters. The van der Waals surface area contributed by atoms with Gasteiger partial charge in [-0.1, -0.05) is 18.2 Å². The predicted molar refractivity (Wildman–Crippen MR) is 91.5 cm³/mol. The summed E-state index contributed by atoms with van der Waals surface area (Å²) in [6, 6.07) is 8.32. The number of benzene rings is 1. The van der Waals surface area contributed by atoms with Crippen LogP contribution in [0, 0.1) is 0 Å². The van der Waals surface area contributed by atoms with Crippen molar-refractivity contribution in [2.24, 2.45) is 5.73 Å². The van der Waals surface area contributed by atoms with Gasteiger partial charge < -0.3 is 15.8 Å². The van der Waals surface area contributed by atoms with Gasteiger partial charge in [-0.3, -0.25) is 4.79 Å². The van der Waals surface area contributed by atoms with Crippen molar-refractivity contribution in [1.82, 2.24) is 5.32 Å². The van der Waals surface area contributed by atoms with Crippen LogP contribution in [0.4, 0.5) is 0 Å². The van der Waals surface area contributed by atoms with E-state index in [2.05, 4.69) is 5.32 Å². The second-order valence-corrected chi connectivity index (χ2v) is 6.13. The van der Waals surface area contributed by atoms with Crippen LogP contribution in [0.2, 0.25) is 0 Å². The minimum atomic E-state index is 0. The highest BCUT2D eigenvalue weighted by atomic mass is 35.5. The fourth-order valence-corrected chi connectivity index (χ4v) is 2.73. The molecule has 1 aromatic carbocycles. The number of halogens is 1. The van der Waals surface area contributed by atoms with Crippen molar-refractivity contribution in [1.29, 1.82) is 0 Å². The summed E-state index contributed by atoms with van der Waals surface area (Å²) in [4.78, 5) is 12.2. The highest BCUT2D eigenvalue weighted by Gasteiger charge is 2.20. The third kappa shape index (κ3) is 5.85. The Morgan fingerprint density at radius 1 is 1.27 bits per heavy atom. The molecule has 1 aliphatic carbocycles. The third-order valence-corrected chi connectivity index (χ3v) is 3.82. The molecule has 2 rings (SSSR count). The van der Waals surface area contributed by atoms with E-state index < -0.39 is 0 Å². The molecule has 0 spiro atoms. The van der Waals surface area contributed by atoms with Crippen molar-refractivity contribution in [2.45, 2.75) is 64.1 Å². The fraction of sp³-hybridized carbons (Fsp3) is 0.588. The van der Waals surface area contributed by atoms with Crippen LogP contribution in [0.1, 0.15) is 45.1 Å². The normalized spacial score (nSPS) is 21.1. The van der Waals surface area contributed by atoms with E-state index in [0.717, 1.165) is 37.0 Å². The van der Waals surface area contributed by atoms with E-state index in [4.69, 9.17) is 10.5 Å². The Labute approximate surface area is 139 Å². The highest BCUT2D eigenvalue weighted by Crippen LogP contribution is 2.21. The van der Waals surface area contributed by atoms with Crippen LogP contribution in [0.5, 0.6) is 5.75 Å². The van der Waals surface area contributed by atoms with Crippen molar-refractivity contribution in [3.8, 4) is 5.75 Å². The average Bonchev–Trinajstić information content (AvgIpc) is 2.43. The molecule has 0 aliphatic heterocycles. The van der Waals surface area contributed by atoms with Gasteiger partial charge in [0.25, 0.3) is 0 Å². The van der Waals surface area contributed by atoms with Gasteiger partial charge in [-0.15, -0.1) is 12.4 Å². The molecule has 0 heterocycles. The number of para-hydroxylation sites is 1. The molecule has 124 valence electrons. The first-order chi connectivity index (χ1) is 10.0. The monoisotopic (exact) mass is 326 g/mol. The molecule has 0 bridgehead atoms. The zero-order valence-electron chi connectivity index (χ0n) is 13.4. The Kier molecular flexibility index (Phi) is 7.69. The van der Waals surface area contributed by atoms with Crippen molar-refractivity contribution in [2.75, 3.05) is 0 Å². The molecule has 1 fully saturated rings. The molecule has 0 atom stereocenters. The molecule has 22 heavy (non-hydrogen) atoms. The first kappa shape index (κ1) is 18.8. The fourth-order valence-electron chi connectivity index (χ4n) is 2.73. The lowest BCUT2D eigenvalue weighted by molar-refractivity contribution is -0.121. The smallest absolute Gasteiger partial charge is 0.224 e. The first-order valence-corrected chi connectivity index (χ1v) is 7.84. The number of ether oxygens (including phenoxy) is 1. The van der Waals surface area contributed by atoms with Gasteiger partial charge in [-0.2, -0.15) is 0 Å². The van der Waals surface area contributed by atoms with E-state index >= 15 is 0 Å². The largest absolute Gasteiger partial charge is 0.491 e. The lowest BCUT2D eigenvalue weighted by atomic mass is 9.91. The maximum Gasteiger partial charge on any atom is 0.224 e. The number of hydrogen-bond acceptors (Lipinski definition) is 3. The summed E-state index contributed by atoms with van der Waals surface area (Å²) in [6.45, 7) is 3.98. The number of carbonyl (C=O) groups excluding carboxylic acids is 1. The summed E-state index contributed by atoms with van der Waals surface area (Å²) in [7, 11) is 0. The first-order valence-electron chi connectivity index (χ1n) is 7.84. The molecule has 1 amide bonds. The van der Waals surface area contributed by atoms with E-state index in [1.165, 1.54) is 0 Å². The van der Waals surface area contributed by atoms with Gasteiger partial charge in [-0.25, -0.2) is 0 Å². The number of carbonyl (C=O) groups is 1. The molecule has 0 saturated heterocycles. The second-order valence-electron chi connectivity index (χ2n) is 6.13. The topological polar surface area (TPSA) is 64.3 Å². The van der Waals surface area contributed by atoms with Gasteiger partial charge >= 0.3 is 0 Å². The zero-order valence-corrected chi connectivity index (χ0v) is 14.2. The van der Waals surface area contributed by atoms with E-state index in [0.29, 0.717) is 12.5 Å². The third-order valence-electron chi connectivity index (χ3n) is 3.82. The molecule has 0 radical (unpaired) electrons. The molecule has 3 N–H and O–H groups in total. The van der Waals surface area contributed by atoms with Crippen LogP contribution in [0.15, 0.2) is 24.3 Å². The number of amides is 1. The highest BCUT2D eigenvalue weighted by molar-refractivity contribution is 5.85. The Hall–Kier alpha value is -1.26. The summed E-state index contributed by atoms with van der Waals surface area (Å²) < 4.78 is 5.75. The van der Waals surface area contributed by atoms with Crippen LogP contribution >= 0.6 is 12.4 Å². The van der Waals surface area contributed by atoms with Gasteiger partial charge in [0, 0.05) is 17.6 Å². The molecular weight excluding hydrogens is 300 g/mol. The Morgan fingerprint density at radius 2 is 1.91 bits per heavy atom. The minimum absolute atomic E-state index is 0. The summed E-state index contributed by atoms with van der Waals surface area (Å²) in [5.41, 5.74) is 6.83. The van der Waals surface area contributed by atoms with Crippen LogP contribution < -0.4 is 15.8 Å². The average molecular weight is 327 g/mol. The number of nitrogens with two attached hydrogens (primary N) is 1. The van der Waals surface area contributed by atoms with Crippen LogP contribution in [0.3, 0.4) is 0 Å². The Bertz CT molecular complexity index is 471. The molecule has 1 saturated carbocycles. The van der Waals surface area contributed by atoms with Crippen molar-refractivity contribution < 1.29 is 9.53 Å². The van der Waals surface area contributed by atoms with Crippen LogP contribution in [-0.2, 0) is 11.2 Å². The van der Waals surface area contributed by atoms with Gasteiger partial charge in [-0.05, 0) is 45.6 Å². The maximum absolute atomic E-state index is 12.2. The standard InChI is InChI=1S/C17H26N2O2.ClH/c1-12(2)21-16-6-4-3-5-13(16)11-17(20)19-15-9-7-14(18)8-10-15;/h3-6,12,14-15H,7-11,18H2,1-2H3,(H,19,20);1H.